The number of rotatable bonds is 3. The maximum absolute atomic E-state index is 11.4. The van der Waals surface area contributed by atoms with E-state index in [0.717, 1.165) is 0 Å². The van der Waals surface area contributed by atoms with Crippen LogP contribution < -0.4 is 15.4 Å². The normalized spacial score (nSPS) is 17.0. The van der Waals surface area contributed by atoms with Gasteiger partial charge in [-0.3, -0.25) is 0 Å². The number of benzene rings is 1. The maximum Gasteiger partial charge on any atom is 0.364 e. The first-order valence-electron chi connectivity index (χ1n) is 4.57. The lowest BCUT2D eigenvalue weighted by Gasteiger charge is -2.01. The summed E-state index contributed by atoms with van der Waals surface area (Å²) in [6.07, 6.45) is 0. The second-order valence-electron chi connectivity index (χ2n) is 3.38. The van der Waals surface area contributed by atoms with Gasteiger partial charge < -0.3 is 0 Å². The molecule has 0 amide bonds. The van der Waals surface area contributed by atoms with Gasteiger partial charge in [-0.05, 0) is 18.7 Å². The lowest BCUT2D eigenvalue weighted by atomic mass is 10.2. The van der Waals surface area contributed by atoms with Crippen LogP contribution in [0.3, 0.4) is 0 Å². The van der Waals surface area contributed by atoms with Crippen LogP contribution >= 0.6 is 0 Å². The van der Waals surface area contributed by atoms with Gasteiger partial charge >= 0.3 is 10.2 Å². The SMILES string of the molecule is CNS(=O)(=O)Cc1cccc2c1=NS(=O)(=O)N=2. The van der Waals surface area contributed by atoms with E-state index in [4.69, 9.17) is 0 Å². The number of sulfonamides is 1. The first-order valence-corrected chi connectivity index (χ1v) is 7.62. The van der Waals surface area contributed by atoms with Crippen molar-refractivity contribution in [3.05, 3.63) is 34.5 Å². The molecule has 0 aliphatic carbocycles. The van der Waals surface area contributed by atoms with Crippen molar-refractivity contribution < 1.29 is 16.8 Å². The summed E-state index contributed by atoms with van der Waals surface area (Å²) in [5.74, 6) is -0.332. The molecule has 0 saturated heterocycles. The summed E-state index contributed by atoms with van der Waals surface area (Å²) >= 11 is 0. The van der Waals surface area contributed by atoms with E-state index in [1.54, 1.807) is 6.07 Å². The standard InChI is InChI=1S/C8H9N3O4S2/c1-9-16(12,13)5-6-3-2-4-7-8(6)11-17(14,15)10-7/h2-4,9H,5H2,1H3. The molecule has 92 valence electrons. The van der Waals surface area contributed by atoms with Crippen molar-refractivity contribution in [3.8, 4) is 0 Å². The zero-order valence-electron chi connectivity index (χ0n) is 8.78. The molecule has 2 rings (SSSR count). The first kappa shape index (κ1) is 12.1. The Morgan fingerprint density at radius 2 is 2.00 bits per heavy atom. The van der Waals surface area contributed by atoms with Crippen molar-refractivity contribution in [2.75, 3.05) is 7.05 Å². The highest BCUT2D eigenvalue weighted by Gasteiger charge is 2.17. The van der Waals surface area contributed by atoms with E-state index in [-0.39, 0.29) is 16.5 Å². The van der Waals surface area contributed by atoms with Crippen molar-refractivity contribution in [3.63, 3.8) is 0 Å². The molecule has 1 N–H and O–H groups in total. The largest absolute Gasteiger partial charge is 0.364 e. The smallest absolute Gasteiger partial charge is 0.218 e. The Balaban J connectivity index is 2.65. The molecule has 1 aromatic rings. The van der Waals surface area contributed by atoms with Crippen LogP contribution in [-0.4, -0.2) is 23.9 Å². The van der Waals surface area contributed by atoms with Crippen molar-refractivity contribution in [2.45, 2.75) is 5.75 Å². The molecule has 0 atom stereocenters. The van der Waals surface area contributed by atoms with Gasteiger partial charge in [0.25, 0.3) is 0 Å². The second kappa shape index (κ2) is 3.86. The van der Waals surface area contributed by atoms with Crippen LogP contribution in [0.5, 0.6) is 0 Å². The van der Waals surface area contributed by atoms with Gasteiger partial charge in [0.2, 0.25) is 10.0 Å². The van der Waals surface area contributed by atoms with Crippen LogP contribution in [0.15, 0.2) is 27.0 Å². The second-order valence-corrected chi connectivity index (χ2v) is 6.57. The van der Waals surface area contributed by atoms with Crippen LogP contribution in [0.25, 0.3) is 0 Å². The first-order chi connectivity index (χ1) is 7.83. The molecule has 9 heteroatoms. The van der Waals surface area contributed by atoms with Gasteiger partial charge in [-0.1, -0.05) is 12.1 Å². The molecule has 17 heavy (non-hydrogen) atoms. The van der Waals surface area contributed by atoms with Gasteiger partial charge in [0, 0.05) is 0 Å². The van der Waals surface area contributed by atoms with E-state index in [1.165, 1.54) is 19.2 Å². The minimum Gasteiger partial charge on any atom is -0.218 e. The van der Waals surface area contributed by atoms with Crippen LogP contribution in [0.1, 0.15) is 5.56 Å². The number of hydrogen-bond donors (Lipinski definition) is 1. The lowest BCUT2D eigenvalue weighted by molar-refractivity contribution is 0.586. The van der Waals surface area contributed by atoms with Gasteiger partial charge in [0.05, 0.1) is 5.75 Å². The highest BCUT2D eigenvalue weighted by atomic mass is 32.2. The Morgan fingerprint density at radius 3 is 2.65 bits per heavy atom. The molecule has 1 heterocycles. The molecule has 1 aliphatic rings. The van der Waals surface area contributed by atoms with E-state index >= 15 is 0 Å². The number of hydrogen-bond acceptors (Lipinski definition) is 4. The van der Waals surface area contributed by atoms with Gasteiger partial charge in [-0.2, -0.15) is 8.42 Å². The molecule has 0 fully saturated rings. The van der Waals surface area contributed by atoms with Crippen molar-refractivity contribution >= 4 is 20.2 Å². The summed E-state index contributed by atoms with van der Waals surface area (Å²) in [6, 6.07) is 4.52. The Kier molecular flexibility index (Phi) is 2.76. The highest BCUT2D eigenvalue weighted by Crippen LogP contribution is 2.01. The molecule has 1 aliphatic heterocycles. The van der Waals surface area contributed by atoms with Crippen LogP contribution in [-0.2, 0) is 26.0 Å². The molecule has 0 saturated carbocycles. The van der Waals surface area contributed by atoms with Crippen LogP contribution in [0, 0.1) is 0 Å². The summed E-state index contributed by atoms with van der Waals surface area (Å²) in [6.45, 7) is 0. The van der Waals surface area contributed by atoms with E-state index in [2.05, 4.69) is 13.5 Å². The summed E-state index contributed by atoms with van der Waals surface area (Å²) in [5.41, 5.74) is 0.307. The van der Waals surface area contributed by atoms with Crippen molar-refractivity contribution in [1.29, 1.82) is 0 Å². The third-order valence-electron chi connectivity index (χ3n) is 2.18. The van der Waals surface area contributed by atoms with Crippen molar-refractivity contribution in [2.24, 2.45) is 8.80 Å². The van der Waals surface area contributed by atoms with E-state index < -0.39 is 20.2 Å². The van der Waals surface area contributed by atoms with Gasteiger partial charge in [0.15, 0.2) is 0 Å². The monoisotopic (exact) mass is 275 g/mol. The minimum absolute atomic E-state index is 0.103. The Bertz CT molecular complexity index is 781. The molecule has 0 aromatic heterocycles. The van der Waals surface area contributed by atoms with Crippen LogP contribution in [0.4, 0.5) is 0 Å². The van der Waals surface area contributed by atoms with Gasteiger partial charge in [0.1, 0.15) is 10.7 Å². The minimum atomic E-state index is -3.86. The van der Waals surface area contributed by atoms with Crippen LogP contribution in [0.2, 0.25) is 0 Å². The zero-order valence-corrected chi connectivity index (χ0v) is 10.4. The van der Waals surface area contributed by atoms with Gasteiger partial charge in [-0.15, -0.1) is 8.80 Å². The topological polar surface area (TPSA) is 105 Å². The average Bonchev–Trinajstić information content (AvgIpc) is 2.53. The Hall–Kier alpha value is -1.32. The number of nitrogens with one attached hydrogen (secondary N) is 1. The Labute approximate surface area is 98.2 Å². The quantitative estimate of drug-likeness (QED) is 0.705. The molecule has 0 radical (unpaired) electrons. The number of fused-ring (bicyclic) bond motifs is 1. The zero-order chi connectivity index (χ0) is 12.7. The Morgan fingerprint density at radius 1 is 1.29 bits per heavy atom. The molecular formula is C8H9N3O4S2. The van der Waals surface area contributed by atoms with E-state index in [0.29, 0.717) is 5.56 Å². The summed E-state index contributed by atoms with van der Waals surface area (Å²) in [4.78, 5) is 0. The molecule has 7 nitrogen and oxygen atoms in total. The molecule has 0 bridgehead atoms. The summed E-state index contributed by atoms with van der Waals surface area (Å²) in [5, 5.41) is 0.278. The number of nitrogens with zero attached hydrogens (tertiary/aromatic N) is 2. The third-order valence-corrected chi connectivity index (χ3v) is 4.33. The molecule has 1 aromatic carbocycles. The third kappa shape index (κ3) is 2.51. The fourth-order valence-corrected chi connectivity index (χ4v) is 3.08. The molecule has 0 spiro atoms. The van der Waals surface area contributed by atoms with Gasteiger partial charge in [-0.25, -0.2) is 13.1 Å². The fourth-order valence-electron chi connectivity index (χ4n) is 1.41. The fraction of sp³-hybridized carbons (Fsp3) is 0.250. The summed E-state index contributed by atoms with van der Waals surface area (Å²) in [7, 11) is -6.04. The predicted molar refractivity (Wildman–Crippen MR) is 59.4 cm³/mol. The molecular weight excluding hydrogens is 266 g/mol. The predicted octanol–water partition coefficient (Wildman–Crippen LogP) is -1.77. The van der Waals surface area contributed by atoms with E-state index in [1.807, 2.05) is 0 Å². The van der Waals surface area contributed by atoms with Crippen molar-refractivity contribution in [1.82, 2.24) is 4.72 Å². The maximum atomic E-state index is 11.4. The average molecular weight is 275 g/mol. The lowest BCUT2D eigenvalue weighted by Crippen LogP contribution is -2.30. The van der Waals surface area contributed by atoms with E-state index in [9.17, 15) is 16.8 Å². The molecule has 0 unspecified atom stereocenters. The summed E-state index contributed by atoms with van der Waals surface area (Å²) < 4.78 is 54.1. The highest BCUT2D eigenvalue weighted by molar-refractivity contribution is 7.89.